The van der Waals surface area contributed by atoms with Gasteiger partial charge in [-0.1, -0.05) is 30.7 Å². The molecule has 0 aliphatic heterocycles. The average molecular weight is 304 g/mol. The number of aromatic nitrogens is 1. The number of pyridine rings is 1. The van der Waals surface area contributed by atoms with Gasteiger partial charge in [-0.05, 0) is 37.1 Å². The van der Waals surface area contributed by atoms with Crippen LogP contribution >= 0.6 is 11.6 Å². The molecule has 0 aliphatic carbocycles. The largest absolute Gasteiger partial charge is 0.384 e. The van der Waals surface area contributed by atoms with Crippen molar-refractivity contribution in [3.63, 3.8) is 0 Å². The van der Waals surface area contributed by atoms with E-state index in [2.05, 4.69) is 54.3 Å². The van der Waals surface area contributed by atoms with Gasteiger partial charge in [-0.2, -0.15) is 0 Å². The number of anilines is 2. The molecule has 0 bridgehead atoms. The van der Waals surface area contributed by atoms with Crippen LogP contribution in [0.15, 0.2) is 42.7 Å². The van der Waals surface area contributed by atoms with E-state index >= 15 is 0 Å². The highest BCUT2D eigenvalue weighted by Crippen LogP contribution is 2.27. The normalized spacial score (nSPS) is 12.0. The summed E-state index contributed by atoms with van der Waals surface area (Å²) in [5, 5.41) is 4.13. The van der Waals surface area contributed by atoms with Crippen LogP contribution in [0.3, 0.4) is 0 Å². The molecule has 1 atom stereocenters. The highest BCUT2D eigenvalue weighted by atomic mass is 35.5. The molecule has 2 rings (SSSR count). The number of hydrogen-bond donors (Lipinski definition) is 1. The summed E-state index contributed by atoms with van der Waals surface area (Å²) in [5.74, 6) is 0. The van der Waals surface area contributed by atoms with Crippen LogP contribution < -0.4 is 10.2 Å². The van der Waals surface area contributed by atoms with Gasteiger partial charge in [0.2, 0.25) is 0 Å². The Kier molecular flexibility index (Phi) is 5.45. The molecule has 1 aromatic heterocycles. The Labute approximate surface area is 132 Å². The molecule has 112 valence electrons. The van der Waals surface area contributed by atoms with Crippen LogP contribution in [0.4, 0.5) is 11.4 Å². The van der Waals surface area contributed by atoms with Crippen LogP contribution in [0.5, 0.6) is 0 Å². The van der Waals surface area contributed by atoms with Crippen molar-refractivity contribution in [2.75, 3.05) is 23.8 Å². The number of benzene rings is 1. The molecule has 1 heterocycles. The molecule has 4 heteroatoms. The Balaban J connectivity index is 2.14. The van der Waals surface area contributed by atoms with E-state index in [0.29, 0.717) is 0 Å². The van der Waals surface area contributed by atoms with E-state index in [1.807, 2.05) is 24.5 Å². The second-order valence-electron chi connectivity index (χ2n) is 5.20. The Morgan fingerprint density at radius 3 is 2.62 bits per heavy atom. The summed E-state index contributed by atoms with van der Waals surface area (Å²) >= 11 is 5.95. The van der Waals surface area contributed by atoms with E-state index in [4.69, 9.17) is 11.6 Å². The first-order valence-electron chi connectivity index (χ1n) is 7.29. The second kappa shape index (κ2) is 7.32. The van der Waals surface area contributed by atoms with E-state index < -0.39 is 0 Å². The Morgan fingerprint density at radius 1 is 1.24 bits per heavy atom. The third kappa shape index (κ3) is 4.11. The standard InChI is InChI=1S/C17H22ClN3/c1-4-9-20-16-10-17(12-19-11-16)21(3)13(2)14-5-7-15(18)8-6-14/h5-8,10-13,20H,4,9H2,1-3H3. The maximum atomic E-state index is 5.95. The molecule has 2 aromatic rings. The van der Waals surface area contributed by atoms with Gasteiger partial charge in [0, 0.05) is 18.6 Å². The van der Waals surface area contributed by atoms with Crippen molar-refractivity contribution in [2.45, 2.75) is 26.3 Å². The molecule has 0 aliphatic rings. The summed E-state index contributed by atoms with van der Waals surface area (Å²) in [4.78, 5) is 6.54. The van der Waals surface area contributed by atoms with Crippen LogP contribution in [0.25, 0.3) is 0 Å². The van der Waals surface area contributed by atoms with Gasteiger partial charge in [-0.25, -0.2) is 0 Å². The minimum atomic E-state index is 0.255. The Bertz CT molecular complexity index is 569. The third-order valence-electron chi connectivity index (χ3n) is 3.64. The minimum Gasteiger partial charge on any atom is -0.384 e. The molecule has 0 fully saturated rings. The number of halogens is 1. The highest BCUT2D eigenvalue weighted by molar-refractivity contribution is 6.30. The third-order valence-corrected chi connectivity index (χ3v) is 3.90. The lowest BCUT2D eigenvalue weighted by atomic mass is 10.1. The molecule has 1 N–H and O–H groups in total. The van der Waals surface area contributed by atoms with Crippen molar-refractivity contribution in [2.24, 2.45) is 0 Å². The van der Waals surface area contributed by atoms with Gasteiger partial charge >= 0.3 is 0 Å². The van der Waals surface area contributed by atoms with E-state index in [1.165, 1.54) is 5.56 Å². The molecule has 21 heavy (non-hydrogen) atoms. The fourth-order valence-electron chi connectivity index (χ4n) is 2.18. The first-order valence-corrected chi connectivity index (χ1v) is 7.67. The van der Waals surface area contributed by atoms with Gasteiger partial charge in [0.15, 0.2) is 0 Å². The fraction of sp³-hybridized carbons (Fsp3) is 0.353. The Hall–Kier alpha value is -1.74. The summed E-state index contributed by atoms with van der Waals surface area (Å²) in [7, 11) is 2.08. The molecule has 0 spiro atoms. The lowest BCUT2D eigenvalue weighted by molar-refractivity contribution is 0.738. The van der Waals surface area contributed by atoms with Gasteiger partial charge in [0.25, 0.3) is 0 Å². The van der Waals surface area contributed by atoms with Crippen LogP contribution in [-0.4, -0.2) is 18.6 Å². The monoisotopic (exact) mass is 303 g/mol. The second-order valence-corrected chi connectivity index (χ2v) is 5.63. The number of nitrogens with one attached hydrogen (secondary N) is 1. The quantitative estimate of drug-likeness (QED) is 0.834. The summed E-state index contributed by atoms with van der Waals surface area (Å²) < 4.78 is 0. The topological polar surface area (TPSA) is 28.2 Å². The van der Waals surface area contributed by atoms with E-state index in [1.54, 1.807) is 0 Å². The fourth-order valence-corrected chi connectivity index (χ4v) is 2.30. The molecule has 0 amide bonds. The van der Waals surface area contributed by atoms with Gasteiger partial charge < -0.3 is 10.2 Å². The van der Waals surface area contributed by atoms with Crippen LogP contribution in [-0.2, 0) is 0 Å². The summed E-state index contributed by atoms with van der Waals surface area (Å²) in [6, 6.07) is 10.4. The number of rotatable bonds is 6. The maximum absolute atomic E-state index is 5.95. The smallest absolute Gasteiger partial charge is 0.0575 e. The summed E-state index contributed by atoms with van der Waals surface area (Å²) in [6.45, 7) is 5.29. The van der Waals surface area contributed by atoms with Crippen molar-refractivity contribution >= 4 is 23.0 Å². The van der Waals surface area contributed by atoms with Gasteiger partial charge in [0.05, 0.1) is 29.8 Å². The lowest BCUT2D eigenvalue weighted by Gasteiger charge is -2.27. The van der Waals surface area contributed by atoms with Crippen LogP contribution in [0.1, 0.15) is 31.9 Å². The first kappa shape index (κ1) is 15.6. The minimum absolute atomic E-state index is 0.255. The summed E-state index contributed by atoms with van der Waals surface area (Å²) in [6.07, 6.45) is 4.85. The average Bonchev–Trinajstić information content (AvgIpc) is 2.52. The van der Waals surface area contributed by atoms with Gasteiger partial charge in [-0.15, -0.1) is 0 Å². The van der Waals surface area contributed by atoms with Crippen molar-refractivity contribution in [3.05, 3.63) is 53.3 Å². The molecule has 0 saturated carbocycles. The molecule has 3 nitrogen and oxygen atoms in total. The Morgan fingerprint density at radius 2 is 1.95 bits per heavy atom. The van der Waals surface area contributed by atoms with Crippen molar-refractivity contribution in [1.29, 1.82) is 0 Å². The van der Waals surface area contributed by atoms with Crippen LogP contribution in [0.2, 0.25) is 5.02 Å². The van der Waals surface area contributed by atoms with E-state index in [9.17, 15) is 0 Å². The molecule has 0 radical (unpaired) electrons. The predicted octanol–water partition coefficient (Wildman–Crippen LogP) is 4.75. The van der Waals surface area contributed by atoms with Crippen molar-refractivity contribution in [1.82, 2.24) is 4.98 Å². The number of nitrogens with zero attached hydrogens (tertiary/aromatic N) is 2. The zero-order valence-electron chi connectivity index (χ0n) is 12.8. The molecular weight excluding hydrogens is 282 g/mol. The van der Waals surface area contributed by atoms with E-state index in [0.717, 1.165) is 29.4 Å². The maximum Gasteiger partial charge on any atom is 0.0575 e. The molecular formula is C17H22ClN3. The zero-order chi connectivity index (χ0) is 15.2. The molecule has 0 saturated heterocycles. The lowest BCUT2D eigenvalue weighted by Crippen LogP contribution is -2.21. The highest BCUT2D eigenvalue weighted by Gasteiger charge is 2.13. The van der Waals surface area contributed by atoms with E-state index in [-0.39, 0.29) is 6.04 Å². The van der Waals surface area contributed by atoms with Gasteiger partial charge in [-0.3, -0.25) is 4.98 Å². The zero-order valence-corrected chi connectivity index (χ0v) is 13.6. The molecule has 1 aromatic carbocycles. The predicted molar refractivity (Wildman–Crippen MR) is 91.3 cm³/mol. The van der Waals surface area contributed by atoms with Gasteiger partial charge in [0.1, 0.15) is 0 Å². The first-order chi connectivity index (χ1) is 10.1. The van der Waals surface area contributed by atoms with Crippen molar-refractivity contribution < 1.29 is 0 Å². The molecule has 1 unspecified atom stereocenters. The summed E-state index contributed by atoms with van der Waals surface area (Å²) in [5.41, 5.74) is 3.39. The van der Waals surface area contributed by atoms with Crippen molar-refractivity contribution in [3.8, 4) is 0 Å². The SMILES string of the molecule is CCCNc1cncc(N(C)C(C)c2ccc(Cl)cc2)c1. The number of hydrogen-bond acceptors (Lipinski definition) is 3. The van der Waals surface area contributed by atoms with Crippen LogP contribution in [0, 0.1) is 0 Å².